The molecule has 11 heteroatoms. The number of thioether (sulfide) groups is 1. The van der Waals surface area contributed by atoms with Crippen molar-refractivity contribution in [3.05, 3.63) is 58.2 Å². The van der Waals surface area contributed by atoms with Crippen molar-refractivity contribution in [2.45, 2.75) is 16.7 Å². The van der Waals surface area contributed by atoms with Crippen molar-refractivity contribution in [3.63, 3.8) is 0 Å². The first kappa shape index (κ1) is 20.0. The molecule has 0 bridgehead atoms. The van der Waals surface area contributed by atoms with Gasteiger partial charge in [-0.25, -0.2) is 0 Å². The van der Waals surface area contributed by atoms with Crippen LogP contribution in [0.25, 0.3) is 10.9 Å². The number of pyridine rings is 1. The Morgan fingerprint density at radius 1 is 1.21 bits per heavy atom. The Morgan fingerprint density at radius 2 is 2.00 bits per heavy atom. The highest BCUT2D eigenvalue weighted by atomic mass is 35.5. The number of aryl methyl sites for hydroxylation is 1. The van der Waals surface area contributed by atoms with Crippen LogP contribution >= 0.6 is 35.0 Å². The number of sulfonamides is 1. The fourth-order valence-corrected chi connectivity index (χ4v) is 5.67. The summed E-state index contributed by atoms with van der Waals surface area (Å²) in [4.78, 5) is 8.94. The van der Waals surface area contributed by atoms with E-state index in [0.717, 1.165) is 17.1 Å². The number of amidine groups is 1. The predicted octanol–water partition coefficient (Wildman–Crippen LogP) is 4.43. The van der Waals surface area contributed by atoms with Crippen molar-refractivity contribution >= 4 is 72.7 Å². The summed E-state index contributed by atoms with van der Waals surface area (Å²) in [7, 11) is -3.89. The zero-order valence-corrected chi connectivity index (χ0v) is 18.0. The molecule has 4 rings (SSSR count). The number of halogens is 2. The number of benzene rings is 2. The monoisotopic (exact) mass is 465 g/mol. The van der Waals surface area contributed by atoms with Gasteiger partial charge in [-0.1, -0.05) is 23.2 Å². The van der Waals surface area contributed by atoms with Gasteiger partial charge in [0.2, 0.25) is 5.17 Å². The molecule has 0 amide bonds. The fraction of sp³-hybridized carbons (Fsp3) is 0.0556. The van der Waals surface area contributed by atoms with Gasteiger partial charge < -0.3 is 11.1 Å². The minimum absolute atomic E-state index is 0.0103. The van der Waals surface area contributed by atoms with E-state index in [4.69, 9.17) is 28.9 Å². The molecule has 0 radical (unpaired) electrons. The molecular weight excluding hydrogens is 453 g/mol. The predicted molar refractivity (Wildman–Crippen MR) is 119 cm³/mol. The molecule has 0 saturated carbocycles. The van der Waals surface area contributed by atoms with Gasteiger partial charge >= 0.3 is 0 Å². The van der Waals surface area contributed by atoms with Crippen molar-refractivity contribution in [1.29, 1.82) is 0 Å². The molecule has 3 aromatic rings. The van der Waals surface area contributed by atoms with E-state index in [0.29, 0.717) is 31.7 Å². The summed E-state index contributed by atoms with van der Waals surface area (Å²) in [5.74, 6) is -0.0180. The van der Waals surface area contributed by atoms with Gasteiger partial charge in [-0.05, 0) is 60.6 Å². The van der Waals surface area contributed by atoms with E-state index in [2.05, 4.69) is 19.7 Å². The lowest BCUT2D eigenvalue weighted by Crippen LogP contribution is -2.24. The average molecular weight is 466 g/mol. The number of hydrogen-bond donors (Lipinski definition) is 2. The molecule has 0 spiro atoms. The Morgan fingerprint density at radius 3 is 2.79 bits per heavy atom. The van der Waals surface area contributed by atoms with Gasteiger partial charge in [-0.2, -0.15) is 13.4 Å². The van der Waals surface area contributed by atoms with Crippen LogP contribution in [0, 0.1) is 6.92 Å². The number of aliphatic imine (C=N–C) groups is 1. The molecule has 2 aromatic carbocycles. The first-order chi connectivity index (χ1) is 13.7. The fourth-order valence-electron chi connectivity index (χ4n) is 2.73. The van der Waals surface area contributed by atoms with Crippen LogP contribution in [0.1, 0.15) is 5.56 Å². The van der Waals surface area contributed by atoms with Crippen LogP contribution in [0.2, 0.25) is 10.0 Å². The Kier molecular flexibility index (Phi) is 5.16. The quantitative estimate of drug-likeness (QED) is 0.406. The molecule has 1 aliphatic heterocycles. The van der Waals surface area contributed by atoms with Gasteiger partial charge in [-0.3, -0.25) is 4.98 Å². The van der Waals surface area contributed by atoms with Gasteiger partial charge in [0.25, 0.3) is 10.0 Å². The highest BCUT2D eigenvalue weighted by molar-refractivity contribution is 8.15. The number of nitrogens with one attached hydrogen (secondary N) is 1. The molecular formula is C18H13Cl2N5O2S2. The summed E-state index contributed by atoms with van der Waals surface area (Å²) in [6.07, 6.45) is 1.60. The van der Waals surface area contributed by atoms with Gasteiger partial charge in [0, 0.05) is 26.5 Å². The maximum absolute atomic E-state index is 12.5. The standard InChI is InChI=1S/C18H13Cl2N5O2S2/c1-9-6-16-15(8-12(9)20)28-18(25-29(16,26)27)24-17(21)23-13-4-5-22-14-7-10(19)2-3-11(13)14/h2-8H,1H3,(H3,21,22,23,24,25). The first-order valence-corrected chi connectivity index (χ1v) is 11.2. The van der Waals surface area contributed by atoms with E-state index in [1.54, 1.807) is 43.5 Å². The zero-order valence-electron chi connectivity index (χ0n) is 14.8. The van der Waals surface area contributed by atoms with E-state index < -0.39 is 10.0 Å². The maximum atomic E-state index is 12.5. The summed E-state index contributed by atoms with van der Waals surface area (Å²) < 4.78 is 28.7. The highest BCUT2D eigenvalue weighted by Gasteiger charge is 2.27. The molecule has 0 unspecified atom stereocenters. The average Bonchev–Trinajstić information content (AvgIpc) is 2.63. The van der Waals surface area contributed by atoms with Crippen molar-refractivity contribution in [2.24, 2.45) is 15.1 Å². The normalized spacial score (nSPS) is 15.7. The second kappa shape index (κ2) is 7.49. The number of guanidine groups is 1. The minimum Gasteiger partial charge on any atom is -0.369 e. The number of nitrogens with two attached hydrogens (primary N) is 1. The molecule has 1 aliphatic rings. The topological polar surface area (TPSA) is 110 Å². The number of anilines is 1. The summed E-state index contributed by atoms with van der Waals surface area (Å²) in [5.41, 5.74) is 7.98. The van der Waals surface area contributed by atoms with Gasteiger partial charge in [0.05, 0.1) is 11.2 Å². The van der Waals surface area contributed by atoms with Crippen LogP contribution in [0.4, 0.5) is 5.69 Å². The van der Waals surface area contributed by atoms with E-state index in [-0.39, 0.29) is 16.0 Å². The molecule has 0 atom stereocenters. The third-order valence-corrected chi connectivity index (χ3v) is 7.20. The number of nitrogens with zero attached hydrogens (tertiary/aromatic N) is 3. The SMILES string of the molecule is Cc1cc2c(cc1Cl)SC(/N=C(/N)Nc1ccnc3cc(Cl)ccc13)=NS2(=O)=O. The van der Waals surface area contributed by atoms with E-state index in [9.17, 15) is 8.42 Å². The van der Waals surface area contributed by atoms with Crippen LogP contribution < -0.4 is 11.1 Å². The molecule has 2 heterocycles. The summed E-state index contributed by atoms with van der Waals surface area (Å²) >= 11 is 13.2. The minimum atomic E-state index is -3.89. The lowest BCUT2D eigenvalue weighted by atomic mass is 10.2. The van der Waals surface area contributed by atoms with Crippen LogP contribution in [0.3, 0.4) is 0 Å². The first-order valence-electron chi connectivity index (χ1n) is 8.21. The van der Waals surface area contributed by atoms with Gasteiger partial charge in [0.1, 0.15) is 4.90 Å². The van der Waals surface area contributed by atoms with E-state index >= 15 is 0 Å². The molecule has 1 aromatic heterocycles. The smallest absolute Gasteiger partial charge is 0.285 e. The summed E-state index contributed by atoms with van der Waals surface area (Å²) in [5, 5.41) is 4.76. The Balaban J connectivity index is 1.67. The third-order valence-electron chi connectivity index (χ3n) is 4.09. The highest BCUT2D eigenvalue weighted by Crippen LogP contribution is 2.37. The summed E-state index contributed by atoms with van der Waals surface area (Å²) in [6, 6.07) is 10.1. The van der Waals surface area contributed by atoms with E-state index in [1.165, 1.54) is 6.07 Å². The van der Waals surface area contributed by atoms with Crippen molar-refractivity contribution < 1.29 is 8.42 Å². The molecule has 148 valence electrons. The van der Waals surface area contributed by atoms with Crippen LogP contribution in [0.5, 0.6) is 0 Å². The Bertz CT molecular complexity index is 1320. The number of fused-ring (bicyclic) bond motifs is 2. The number of hydrogen-bond acceptors (Lipinski definition) is 5. The molecule has 29 heavy (non-hydrogen) atoms. The van der Waals surface area contributed by atoms with Gasteiger partial charge in [-0.15, -0.1) is 4.40 Å². The molecule has 0 aliphatic carbocycles. The molecule has 0 saturated heterocycles. The summed E-state index contributed by atoms with van der Waals surface area (Å²) in [6.45, 7) is 1.73. The molecule has 0 fully saturated rings. The Labute approximate surface area is 181 Å². The second-order valence-electron chi connectivity index (χ2n) is 6.14. The third kappa shape index (κ3) is 4.04. The van der Waals surface area contributed by atoms with Crippen molar-refractivity contribution in [2.75, 3.05) is 5.32 Å². The van der Waals surface area contributed by atoms with Crippen molar-refractivity contribution in [1.82, 2.24) is 4.98 Å². The van der Waals surface area contributed by atoms with Crippen LogP contribution in [0.15, 0.2) is 61.8 Å². The van der Waals surface area contributed by atoms with Crippen molar-refractivity contribution in [3.8, 4) is 0 Å². The zero-order chi connectivity index (χ0) is 20.8. The Hall–Kier alpha value is -2.33. The van der Waals surface area contributed by atoms with Gasteiger partial charge in [0.15, 0.2) is 5.96 Å². The van der Waals surface area contributed by atoms with Crippen LogP contribution in [-0.4, -0.2) is 24.5 Å². The van der Waals surface area contributed by atoms with Crippen LogP contribution in [-0.2, 0) is 10.0 Å². The van der Waals surface area contributed by atoms with E-state index in [1.807, 2.05) is 0 Å². The number of rotatable bonds is 1. The molecule has 7 nitrogen and oxygen atoms in total. The molecule has 3 N–H and O–H groups in total. The lowest BCUT2D eigenvalue weighted by Gasteiger charge is -2.15. The second-order valence-corrected chi connectivity index (χ2v) is 9.57. The largest absolute Gasteiger partial charge is 0.369 e. The number of aromatic nitrogens is 1. The lowest BCUT2D eigenvalue weighted by molar-refractivity contribution is 0.595. The maximum Gasteiger partial charge on any atom is 0.285 e.